The molecule has 9 nitrogen and oxygen atoms in total. The molecule has 158 valence electrons. The van der Waals surface area contributed by atoms with Crippen molar-refractivity contribution in [2.75, 3.05) is 21.3 Å². The van der Waals surface area contributed by atoms with Gasteiger partial charge in [-0.3, -0.25) is 14.9 Å². The fourth-order valence-corrected chi connectivity index (χ4v) is 3.79. The van der Waals surface area contributed by atoms with Gasteiger partial charge in [-0.1, -0.05) is 12.1 Å². The van der Waals surface area contributed by atoms with Crippen LogP contribution < -0.4 is 14.2 Å². The van der Waals surface area contributed by atoms with Gasteiger partial charge in [0, 0.05) is 24.8 Å². The largest absolute Gasteiger partial charge is 0.493 e. The van der Waals surface area contributed by atoms with Crippen molar-refractivity contribution in [3.05, 3.63) is 57.6 Å². The molecule has 3 rings (SSSR count). The van der Waals surface area contributed by atoms with E-state index in [2.05, 4.69) is 5.10 Å². The van der Waals surface area contributed by atoms with Crippen LogP contribution in [0.4, 0.5) is 5.69 Å². The lowest BCUT2D eigenvalue weighted by Gasteiger charge is -2.27. The predicted octanol–water partition coefficient (Wildman–Crippen LogP) is 3.68. The van der Waals surface area contributed by atoms with Gasteiger partial charge >= 0.3 is 0 Å². The number of non-ortho nitro benzene ring substituents is 1. The standard InChI is InChI=1S/C21H23N3O6/c1-12-19(15-10-17(28-3)21(30-5)18(11-15)29-4)20(23(22-12)13(2)25)14-7-6-8-16(9-14)24(26)27/h6-11,19-20H,1-5H3/t19-,20-/m0/s1. The third-order valence-corrected chi connectivity index (χ3v) is 5.09. The van der Waals surface area contributed by atoms with Crippen molar-refractivity contribution in [1.29, 1.82) is 0 Å². The highest BCUT2D eigenvalue weighted by Gasteiger charge is 2.40. The summed E-state index contributed by atoms with van der Waals surface area (Å²) in [5.41, 5.74) is 2.03. The van der Waals surface area contributed by atoms with E-state index in [1.807, 2.05) is 6.92 Å². The first-order chi connectivity index (χ1) is 14.3. The molecule has 9 heteroatoms. The first kappa shape index (κ1) is 21.1. The third kappa shape index (κ3) is 3.66. The maximum absolute atomic E-state index is 12.3. The summed E-state index contributed by atoms with van der Waals surface area (Å²) in [5.74, 6) is 0.773. The number of methoxy groups -OCH3 is 3. The summed E-state index contributed by atoms with van der Waals surface area (Å²) < 4.78 is 16.3. The zero-order valence-electron chi connectivity index (χ0n) is 17.4. The minimum absolute atomic E-state index is 0.0517. The van der Waals surface area contributed by atoms with Gasteiger partial charge in [0.25, 0.3) is 5.69 Å². The van der Waals surface area contributed by atoms with Crippen molar-refractivity contribution in [1.82, 2.24) is 5.01 Å². The molecule has 1 amide bonds. The predicted molar refractivity (Wildman–Crippen MR) is 110 cm³/mol. The van der Waals surface area contributed by atoms with Crippen molar-refractivity contribution < 1.29 is 23.9 Å². The van der Waals surface area contributed by atoms with Crippen LogP contribution in [-0.2, 0) is 4.79 Å². The molecule has 0 spiro atoms. The van der Waals surface area contributed by atoms with Gasteiger partial charge in [-0.25, -0.2) is 5.01 Å². The topological polar surface area (TPSA) is 104 Å². The zero-order valence-corrected chi connectivity index (χ0v) is 17.4. The summed E-state index contributed by atoms with van der Waals surface area (Å²) in [5, 5.41) is 17.1. The van der Waals surface area contributed by atoms with E-state index in [9.17, 15) is 14.9 Å². The Morgan fingerprint density at radius 3 is 2.20 bits per heavy atom. The number of carbonyl (C=O) groups excluding carboxylic acids is 1. The van der Waals surface area contributed by atoms with E-state index in [1.165, 1.54) is 45.4 Å². The molecule has 2 atom stereocenters. The molecule has 0 bridgehead atoms. The summed E-state index contributed by atoms with van der Waals surface area (Å²) in [6, 6.07) is 9.31. The molecule has 2 aromatic rings. The average molecular weight is 413 g/mol. The Labute approximate surface area is 174 Å². The SMILES string of the molecule is COc1cc([C@@H]2C(C)=NN(C(C)=O)[C@H]2c2cccc([N+](=O)[O-])c2)cc(OC)c1OC. The van der Waals surface area contributed by atoms with Gasteiger partial charge in [-0.05, 0) is 30.2 Å². The molecule has 0 unspecified atom stereocenters. The van der Waals surface area contributed by atoms with E-state index in [1.54, 1.807) is 24.3 Å². The quantitative estimate of drug-likeness (QED) is 0.529. The average Bonchev–Trinajstić information content (AvgIpc) is 3.10. The number of nitro groups is 1. The number of amides is 1. The van der Waals surface area contributed by atoms with E-state index in [0.717, 1.165) is 5.56 Å². The third-order valence-electron chi connectivity index (χ3n) is 5.09. The van der Waals surface area contributed by atoms with Gasteiger partial charge in [0.2, 0.25) is 11.7 Å². The van der Waals surface area contributed by atoms with Crippen LogP contribution in [0.15, 0.2) is 41.5 Å². The Balaban J connectivity index is 2.19. The van der Waals surface area contributed by atoms with Crippen LogP contribution in [-0.4, -0.2) is 42.9 Å². The molecular weight excluding hydrogens is 390 g/mol. The molecule has 1 aliphatic heterocycles. The van der Waals surface area contributed by atoms with Crippen molar-refractivity contribution in [2.45, 2.75) is 25.8 Å². The number of nitrogens with zero attached hydrogens (tertiary/aromatic N) is 3. The number of hydrogen-bond acceptors (Lipinski definition) is 7. The molecule has 0 radical (unpaired) electrons. The normalized spacial score (nSPS) is 18.0. The molecule has 0 N–H and O–H groups in total. The second-order valence-corrected chi connectivity index (χ2v) is 6.84. The van der Waals surface area contributed by atoms with Crippen molar-refractivity contribution in [3.63, 3.8) is 0 Å². The molecule has 0 saturated heterocycles. The summed E-state index contributed by atoms with van der Waals surface area (Å²) in [6.07, 6.45) is 0. The van der Waals surface area contributed by atoms with Gasteiger partial charge in [0.1, 0.15) is 0 Å². The molecule has 0 aromatic heterocycles. The van der Waals surface area contributed by atoms with Crippen LogP contribution in [0, 0.1) is 10.1 Å². The number of nitro benzene ring substituents is 1. The number of carbonyl (C=O) groups is 1. The Morgan fingerprint density at radius 1 is 1.07 bits per heavy atom. The Morgan fingerprint density at radius 2 is 1.70 bits per heavy atom. The lowest BCUT2D eigenvalue weighted by molar-refractivity contribution is -0.385. The Kier molecular flexibility index (Phi) is 5.91. The highest BCUT2D eigenvalue weighted by atomic mass is 16.6. The second kappa shape index (κ2) is 8.40. The Hall–Kier alpha value is -3.62. The zero-order chi connectivity index (χ0) is 22.0. The summed E-state index contributed by atoms with van der Waals surface area (Å²) in [4.78, 5) is 23.2. The van der Waals surface area contributed by atoms with Crippen LogP contribution in [0.25, 0.3) is 0 Å². The van der Waals surface area contributed by atoms with Crippen molar-refractivity contribution in [2.24, 2.45) is 5.10 Å². The lowest BCUT2D eigenvalue weighted by atomic mass is 9.84. The number of hydrazone groups is 1. The molecular formula is C21H23N3O6. The molecule has 1 aliphatic rings. The van der Waals surface area contributed by atoms with Gasteiger partial charge in [0.15, 0.2) is 11.5 Å². The molecule has 0 aliphatic carbocycles. The molecule has 30 heavy (non-hydrogen) atoms. The maximum Gasteiger partial charge on any atom is 0.269 e. The number of rotatable bonds is 6. The van der Waals surface area contributed by atoms with Crippen molar-refractivity contribution in [3.8, 4) is 17.2 Å². The summed E-state index contributed by atoms with van der Waals surface area (Å²) in [7, 11) is 4.57. The van der Waals surface area contributed by atoms with Crippen LogP contribution in [0.3, 0.4) is 0 Å². The van der Waals surface area contributed by atoms with Gasteiger partial charge in [-0.2, -0.15) is 5.10 Å². The van der Waals surface area contributed by atoms with Gasteiger partial charge in [0.05, 0.1) is 38.2 Å². The van der Waals surface area contributed by atoms with E-state index < -0.39 is 11.0 Å². The van der Waals surface area contributed by atoms with Gasteiger partial charge in [-0.15, -0.1) is 0 Å². The fraction of sp³-hybridized carbons (Fsp3) is 0.333. The number of ether oxygens (including phenoxy) is 3. The number of benzene rings is 2. The van der Waals surface area contributed by atoms with E-state index in [4.69, 9.17) is 14.2 Å². The molecule has 0 saturated carbocycles. The first-order valence-corrected chi connectivity index (χ1v) is 9.21. The van der Waals surface area contributed by atoms with E-state index >= 15 is 0 Å². The monoisotopic (exact) mass is 413 g/mol. The lowest BCUT2D eigenvalue weighted by Crippen LogP contribution is -2.28. The maximum atomic E-state index is 12.3. The van der Waals surface area contributed by atoms with Crippen LogP contribution in [0.1, 0.15) is 36.9 Å². The molecule has 1 heterocycles. The van der Waals surface area contributed by atoms with E-state index in [0.29, 0.717) is 28.5 Å². The highest BCUT2D eigenvalue weighted by molar-refractivity contribution is 5.94. The smallest absolute Gasteiger partial charge is 0.269 e. The van der Waals surface area contributed by atoms with E-state index in [-0.39, 0.29) is 17.5 Å². The second-order valence-electron chi connectivity index (χ2n) is 6.84. The minimum atomic E-state index is -0.551. The van der Waals surface area contributed by atoms with Crippen molar-refractivity contribution >= 4 is 17.3 Å². The summed E-state index contributed by atoms with van der Waals surface area (Å²) >= 11 is 0. The van der Waals surface area contributed by atoms with Crippen LogP contribution in [0.2, 0.25) is 0 Å². The van der Waals surface area contributed by atoms with Crippen LogP contribution in [0.5, 0.6) is 17.2 Å². The number of hydrogen-bond donors (Lipinski definition) is 0. The minimum Gasteiger partial charge on any atom is -0.493 e. The molecule has 2 aromatic carbocycles. The van der Waals surface area contributed by atoms with Crippen LogP contribution >= 0.6 is 0 Å². The highest BCUT2D eigenvalue weighted by Crippen LogP contribution is 2.47. The fourth-order valence-electron chi connectivity index (χ4n) is 3.79. The first-order valence-electron chi connectivity index (χ1n) is 9.21. The Bertz CT molecular complexity index is 995. The molecule has 0 fully saturated rings. The van der Waals surface area contributed by atoms with Gasteiger partial charge < -0.3 is 14.2 Å². The summed E-state index contributed by atoms with van der Waals surface area (Å²) in [6.45, 7) is 3.24.